The number of halogens is 3. The predicted molar refractivity (Wildman–Crippen MR) is 82.5 cm³/mol. The van der Waals surface area contributed by atoms with Crippen molar-refractivity contribution in [2.45, 2.75) is 13.1 Å². The second-order valence-corrected chi connectivity index (χ2v) is 5.25. The quantitative estimate of drug-likeness (QED) is 0.738. The number of hydrogen-bond acceptors (Lipinski definition) is 5. The van der Waals surface area contributed by atoms with Gasteiger partial charge in [0.25, 0.3) is 0 Å². The van der Waals surface area contributed by atoms with Gasteiger partial charge in [0.2, 0.25) is 5.91 Å². The first-order valence-corrected chi connectivity index (χ1v) is 7.10. The largest absolute Gasteiger partial charge is 0.478 e. The lowest BCUT2D eigenvalue weighted by Crippen LogP contribution is -2.15. The molecule has 0 radical (unpaired) electrons. The summed E-state index contributed by atoms with van der Waals surface area (Å²) in [5.74, 6) is -1.83. The van der Waals surface area contributed by atoms with Crippen LogP contribution in [0.2, 0.25) is 0 Å². The number of fused-ring (bicyclic) bond motifs is 1. The highest BCUT2D eigenvalue weighted by molar-refractivity contribution is 5.90. The summed E-state index contributed by atoms with van der Waals surface area (Å²) in [4.78, 5) is 29.5. The number of carboxylic acids is 1. The number of carbonyl (C=O) groups is 2. The van der Waals surface area contributed by atoms with Crippen LogP contribution in [0.4, 0.5) is 19.0 Å². The Morgan fingerprint density at radius 3 is 2.62 bits per heavy atom. The van der Waals surface area contributed by atoms with Crippen LogP contribution in [0.5, 0.6) is 0 Å². The molecule has 134 valence electrons. The monoisotopic (exact) mass is 365 g/mol. The van der Waals surface area contributed by atoms with E-state index in [0.717, 1.165) is 12.3 Å². The molecule has 0 saturated carbocycles. The normalized spacial score (nSPS) is 11.5. The predicted octanol–water partition coefficient (Wildman–Crippen LogP) is 2.47. The Labute approximate surface area is 143 Å². The fraction of sp³-hybridized carbons (Fsp3) is 0.133. The molecule has 0 aromatic carbocycles. The number of nitrogens with one attached hydrogen (secondary N) is 1. The lowest BCUT2D eigenvalue weighted by atomic mass is 10.1. The fourth-order valence-corrected chi connectivity index (χ4v) is 2.27. The van der Waals surface area contributed by atoms with Crippen molar-refractivity contribution in [3.05, 3.63) is 41.9 Å². The first-order valence-electron chi connectivity index (χ1n) is 7.10. The van der Waals surface area contributed by atoms with Gasteiger partial charge in [0, 0.05) is 18.7 Å². The van der Waals surface area contributed by atoms with E-state index in [2.05, 4.69) is 20.4 Å². The molecule has 8 nitrogen and oxygen atoms in total. The number of hydrogen-bond donors (Lipinski definition) is 2. The minimum Gasteiger partial charge on any atom is -0.478 e. The average Bonchev–Trinajstić information content (AvgIpc) is 2.93. The molecule has 0 saturated heterocycles. The number of anilines is 1. The van der Waals surface area contributed by atoms with E-state index < -0.39 is 23.4 Å². The van der Waals surface area contributed by atoms with E-state index >= 15 is 0 Å². The van der Waals surface area contributed by atoms with Crippen LogP contribution in [0.15, 0.2) is 30.6 Å². The van der Waals surface area contributed by atoms with Crippen LogP contribution in [-0.4, -0.2) is 36.6 Å². The number of alkyl halides is 3. The number of carboxylic acid groups (broad SMARTS) is 1. The zero-order valence-corrected chi connectivity index (χ0v) is 13.1. The maximum absolute atomic E-state index is 12.9. The molecule has 3 rings (SSSR count). The molecule has 1 amide bonds. The Hall–Kier alpha value is -3.50. The smallest absolute Gasteiger partial charge is 0.434 e. The summed E-state index contributed by atoms with van der Waals surface area (Å²) in [6.45, 7) is 1.31. The van der Waals surface area contributed by atoms with Gasteiger partial charge in [0.1, 0.15) is 0 Å². The van der Waals surface area contributed by atoms with Crippen molar-refractivity contribution in [2.75, 3.05) is 5.32 Å². The van der Waals surface area contributed by atoms with Crippen LogP contribution in [0.1, 0.15) is 23.0 Å². The lowest BCUT2D eigenvalue weighted by molar-refractivity contribution is -0.141. The molecule has 0 atom stereocenters. The number of amides is 1. The third kappa shape index (κ3) is 3.31. The van der Waals surface area contributed by atoms with E-state index in [-0.39, 0.29) is 23.0 Å². The number of carbonyl (C=O) groups excluding carboxylic acids is 1. The molecule has 0 fully saturated rings. The molecule has 0 bridgehead atoms. The van der Waals surface area contributed by atoms with Gasteiger partial charge in [0.15, 0.2) is 17.2 Å². The summed E-state index contributed by atoms with van der Waals surface area (Å²) in [6.07, 6.45) is -2.58. The summed E-state index contributed by atoms with van der Waals surface area (Å²) in [7, 11) is 0. The van der Waals surface area contributed by atoms with E-state index in [1.807, 2.05) is 0 Å². The Bertz CT molecular complexity index is 1030. The molecule has 0 aliphatic heterocycles. The highest BCUT2D eigenvalue weighted by atomic mass is 19.4. The van der Waals surface area contributed by atoms with Crippen molar-refractivity contribution >= 4 is 23.3 Å². The molecular formula is C15H10F3N5O3. The maximum atomic E-state index is 12.9. The number of pyridine rings is 1. The van der Waals surface area contributed by atoms with Crippen molar-refractivity contribution in [1.29, 1.82) is 0 Å². The number of imidazole rings is 1. The van der Waals surface area contributed by atoms with E-state index in [9.17, 15) is 22.8 Å². The number of aromatic nitrogens is 4. The molecule has 3 aromatic rings. The Balaban J connectivity index is 2.07. The molecule has 0 unspecified atom stereocenters. The number of aromatic carboxylic acids is 1. The standard InChI is InChI=1S/C15H10F3N5O3/c1-7(24)20-11-6-23-12(21-11)3-2-10(22-23)8-4-9(14(25)26)13(19-5-8)15(16,17)18/h2-6H,1H3,(H,20,24)(H,25,26). The summed E-state index contributed by atoms with van der Waals surface area (Å²) < 4.78 is 39.9. The van der Waals surface area contributed by atoms with Gasteiger partial charge in [-0.05, 0) is 18.2 Å². The second-order valence-electron chi connectivity index (χ2n) is 5.25. The molecule has 3 aromatic heterocycles. The molecule has 26 heavy (non-hydrogen) atoms. The topological polar surface area (TPSA) is 109 Å². The molecule has 0 spiro atoms. The molecule has 0 aliphatic rings. The molecule has 3 heterocycles. The molecule has 2 N–H and O–H groups in total. The summed E-state index contributed by atoms with van der Waals surface area (Å²) in [6, 6.07) is 3.83. The minimum atomic E-state index is -4.89. The Morgan fingerprint density at radius 2 is 2.00 bits per heavy atom. The Morgan fingerprint density at radius 1 is 1.27 bits per heavy atom. The van der Waals surface area contributed by atoms with E-state index in [4.69, 9.17) is 5.11 Å². The van der Waals surface area contributed by atoms with Gasteiger partial charge >= 0.3 is 12.1 Å². The maximum Gasteiger partial charge on any atom is 0.434 e. The minimum absolute atomic E-state index is 0.0899. The van der Waals surface area contributed by atoms with Crippen molar-refractivity contribution in [3.8, 4) is 11.3 Å². The van der Waals surface area contributed by atoms with E-state index in [1.165, 1.54) is 29.8 Å². The first-order chi connectivity index (χ1) is 12.1. The van der Waals surface area contributed by atoms with Gasteiger partial charge in [0.05, 0.1) is 17.5 Å². The van der Waals surface area contributed by atoms with Crippen molar-refractivity contribution in [1.82, 2.24) is 19.6 Å². The van der Waals surface area contributed by atoms with Crippen LogP contribution in [0.3, 0.4) is 0 Å². The molecule has 11 heteroatoms. The van der Waals surface area contributed by atoms with Crippen LogP contribution >= 0.6 is 0 Å². The van der Waals surface area contributed by atoms with Gasteiger partial charge < -0.3 is 10.4 Å². The van der Waals surface area contributed by atoms with Crippen LogP contribution in [-0.2, 0) is 11.0 Å². The summed E-state index contributed by atoms with van der Waals surface area (Å²) in [5, 5.41) is 15.7. The molecular weight excluding hydrogens is 355 g/mol. The van der Waals surface area contributed by atoms with Gasteiger partial charge in [-0.1, -0.05) is 0 Å². The van der Waals surface area contributed by atoms with Gasteiger partial charge in [-0.2, -0.15) is 18.3 Å². The van der Waals surface area contributed by atoms with E-state index in [1.54, 1.807) is 0 Å². The third-order valence-corrected chi connectivity index (χ3v) is 3.31. The van der Waals surface area contributed by atoms with Gasteiger partial charge in [-0.15, -0.1) is 0 Å². The average molecular weight is 365 g/mol. The van der Waals surface area contributed by atoms with Crippen molar-refractivity contribution in [3.63, 3.8) is 0 Å². The zero-order valence-electron chi connectivity index (χ0n) is 13.1. The lowest BCUT2D eigenvalue weighted by Gasteiger charge is -2.10. The SMILES string of the molecule is CC(=O)Nc1cn2nc(-c3cnc(C(F)(F)F)c(C(=O)O)c3)ccc2n1. The van der Waals surface area contributed by atoms with Crippen LogP contribution in [0.25, 0.3) is 16.9 Å². The number of nitrogens with zero attached hydrogens (tertiary/aromatic N) is 4. The summed E-state index contributed by atoms with van der Waals surface area (Å²) in [5.41, 5.74) is -1.79. The zero-order chi connectivity index (χ0) is 19.1. The highest BCUT2D eigenvalue weighted by Crippen LogP contribution is 2.32. The highest BCUT2D eigenvalue weighted by Gasteiger charge is 2.37. The van der Waals surface area contributed by atoms with E-state index in [0.29, 0.717) is 5.65 Å². The van der Waals surface area contributed by atoms with Gasteiger partial charge in [-0.3, -0.25) is 9.78 Å². The summed E-state index contributed by atoms with van der Waals surface area (Å²) >= 11 is 0. The van der Waals surface area contributed by atoms with Crippen molar-refractivity contribution < 1.29 is 27.9 Å². The fourth-order valence-electron chi connectivity index (χ4n) is 2.27. The second kappa shape index (κ2) is 6.10. The number of rotatable bonds is 3. The Kier molecular flexibility index (Phi) is 4.06. The van der Waals surface area contributed by atoms with Crippen molar-refractivity contribution in [2.24, 2.45) is 0 Å². The molecule has 0 aliphatic carbocycles. The third-order valence-electron chi connectivity index (χ3n) is 3.31. The van der Waals surface area contributed by atoms with Crippen LogP contribution in [0, 0.1) is 0 Å². The van der Waals surface area contributed by atoms with Crippen LogP contribution < -0.4 is 5.32 Å². The first kappa shape index (κ1) is 17.3. The van der Waals surface area contributed by atoms with Gasteiger partial charge in [-0.25, -0.2) is 14.3 Å².